The summed E-state index contributed by atoms with van der Waals surface area (Å²) in [6.07, 6.45) is 2.51. The Hall–Kier alpha value is -3.56. The molecule has 6 nitrogen and oxygen atoms in total. The number of hydrogen-bond acceptors (Lipinski definition) is 4. The van der Waals surface area contributed by atoms with Gasteiger partial charge < -0.3 is 15.0 Å². The zero-order valence-electron chi connectivity index (χ0n) is 15.7. The lowest BCUT2D eigenvalue weighted by Gasteiger charge is -2.19. The number of aromatic nitrogens is 4. The average Bonchev–Trinajstić information content (AvgIpc) is 3.35. The van der Waals surface area contributed by atoms with Crippen molar-refractivity contribution < 1.29 is 22.3 Å². The number of anilines is 1. The van der Waals surface area contributed by atoms with E-state index in [1.54, 1.807) is 36.1 Å². The summed E-state index contributed by atoms with van der Waals surface area (Å²) in [6.45, 7) is 0.225. The zero-order chi connectivity index (χ0) is 21.3. The molecule has 1 atom stereocenters. The van der Waals surface area contributed by atoms with E-state index in [-0.39, 0.29) is 11.3 Å². The molecule has 3 heterocycles. The standard InChI is InChI=1S/C20H17F4N5O/c1-12(15-8-14(21)2-3-17(15)30-11-20(22,23)24)27-18-5-7-29-19(28-18)16(10-26-29)13-4-6-25-9-13/h2-10,12,25H,11H2,1H3,(H,27,28)/t12-/m1/s1. The van der Waals surface area contributed by atoms with Crippen LogP contribution in [0.2, 0.25) is 0 Å². The van der Waals surface area contributed by atoms with E-state index >= 15 is 0 Å². The van der Waals surface area contributed by atoms with Crippen LogP contribution in [0.4, 0.5) is 23.4 Å². The molecule has 0 saturated carbocycles. The third kappa shape index (κ3) is 4.22. The number of nitrogens with one attached hydrogen (secondary N) is 2. The molecule has 4 aromatic rings. The van der Waals surface area contributed by atoms with E-state index in [1.165, 1.54) is 6.07 Å². The number of alkyl halides is 3. The van der Waals surface area contributed by atoms with Crippen LogP contribution in [-0.4, -0.2) is 32.4 Å². The fourth-order valence-electron chi connectivity index (χ4n) is 3.09. The van der Waals surface area contributed by atoms with Gasteiger partial charge in [0.2, 0.25) is 0 Å². The van der Waals surface area contributed by atoms with E-state index in [2.05, 4.69) is 20.4 Å². The molecule has 4 rings (SSSR count). The smallest absolute Gasteiger partial charge is 0.422 e. The highest BCUT2D eigenvalue weighted by Crippen LogP contribution is 2.30. The fraction of sp³-hybridized carbons (Fsp3) is 0.200. The maximum atomic E-state index is 13.8. The third-order valence-electron chi connectivity index (χ3n) is 4.47. The SMILES string of the molecule is C[C@@H](Nc1ccn2ncc(-c3cc[nH]c3)c2n1)c1cc(F)ccc1OCC(F)(F)F. The number of nitrogens with zero attached hydrogens (tertiary/aromatic N) is 3. The van der Waals surface area contributed by atoms with Gasteiger partial charge in [0.05, 0.1) is 12.2 Å². The molecular formula is C20H17F4N5O. The van der Waals surface area contributed by atoms with Gasteiger partial charge in [-0.2, -0.15) is 18.3 Å². The predicted octanol–water partition coefficient (Wildman–Crippen LogP) is 4.98. The molecule has 0 amide bonds. The highest BCUT2D eigenvalue weighted by Gasteiger charge is 2.29. The largest absolute Gasteiger partial charge is 0.484 e. The monoisotopic (exact) mass is 419 g/mol. The van der Waals surface area contributed by atoms with Crippen LogP contribution < -0.4 is 10.1 Å². The Morgan fingerprint density at radius 1 is 1.23 bits per heavy atom. The van der Waals surface area contributed by atoms with E-state index in [4.69, 9.17) is 4.74 Å². The maximum absolute atomic E-state index is 13.8. The molecule has 0 aliphatic rings. The Morgan fingerprint density at radius 3 is 2.80 bits per heavy atom. The van der Waals surface area contributed by atoms with Gasteiger partial charge in [0, 0.05) is 35.3 Å². The summed E-state index contributed by atoms with van der Waals surface area (Å²) in [5.74, 6) is -0.169. The number of benzene rings is 1. The molecule has 0 saturated heterocycles. The van der Waals surface area contributed by atoms with Gasteiger partial charge in [-0.3, -0.25) is 0 Å². The van der Waals surface area contributed by atoms with Gasteiger partial charge in [-0.15, -0.1) is 0 Å². The van der Waals surface area contributed by atoms with E-state index in [0.29, 0.717) is 11.5 Å². The molecule has 2 N–H and O–H groups in total. The third-order valence-corrected chi connectivity index (χ3v) is 4.47. The number of fused-ring (bicyclic) bond motifs is 1. The minimum Gasteiger partial charge on any atom is -0.484 e. The molecule has 0 radical (unpaired) electrons. The van der Waals surface area contributed by atoms with Gasteiger partial charge in [0.15, 0.2) is 12.3 Å². The molecule has 30 heavy (non-hydrogen) atoms. The van der Waals surface area contributed by atoms with Crippen molar-refractivity contribution in [1.82, 2.24) is 19.6 Å². The first-order valence-corrected chi connectivity index (χ1v) is 9.03. The molecule has 0 bridgehead atoms. The zero-order valence-corrected chi connectivity index (χ0v) is 15.7. The number of ether oxygens (including phenoxy) is 1. The van der Waals surface area contributed by atoms with Crippen molar-refractivity contribution in [3.05, 3.63) is 66.5 Å². The molecule has 0 fully saturated rings. The van der Waals surface area contributed by atoms with Gasteiger partial charge in [-0.05, 0) is 37.3 Å². The van der Waals surface area contributed by atoms with E-state index in [1.807, 2.05) is 12.3 Å². The number of aromatic amines is 1. The van der Waals surface area contributed by atoms with Crippen molar-refractivity contribution in [1.29, 1.82) is 0 Å². The quantitative estimate of drug-likeness (QED) is 0.433. The second-order valence-electron chi connectivity index (χ2n) is 6.69. The summed E-state index contributed by atoms with van der Waals surface area (Å²) < 4.78 is 57.9. The topological polar surface area (TPSA) is 67.2 Å². The molecule has 3 aromatic heterocycles. The van der Waals surface area contributed by atoms with Crippen LogP contribution in [0.1, 0.15) is 18.5 Å². The second kappa shape index (κ2) is 7.69. The van der Waals surface area contributed by atoms with Crippen LogP contribution in [-0.2, 0) is 0 Å². The number of halogens is 4. The maximum Gasteiger partial charge on any atom is 0.422 e. The Morgan fingerprint density at radius 2 is 2.07 bits per heavy atom. The molecule has 156 valence electrons. The molecule has 1 aromatic carbocycles. The Labute approximate surface area is 168 Å². The summed E-state index contributed by atoms with van der Waals surface area (Å²) in [5, 5.41) is 7.35. The van der Waals surface area contributed by atoms with Crippen LogP contribution in [0.25, 0.3) is 16.8 Å². The van der Waals surface area contributed by atoms with Crippen molar-refractivity contribution in [2.45, 2.75) is 19.1 Å². The number of rotatable bonds is 6. The lowest BCUT2D eigenvalue weighted by atomic mass is 10.1. The highest BCUT2D eigenvalue weighted by atomic mass is 19.4. The van der Waals surface area contributed by atoms with Crippen LogP contribution in [0.3, 0.4) is 0 Å². The first-order valence-electron chi connectivity index (χ1n) is 9.03. The minimum absolute atomic E-state index is 0.0489. The van der Waals surface area contributed by atoms with E-state index in [0.717, 1.165) is 23.3 Å². The van der Waals surface area contributed by atoms with Crippen molar-refractivity contribution in [2.75, 3.05) is 11.9 Å². The Balaban J connectivity index is 1.61. The molecule has 10 heteroatoms. The lowest BCUT2D eigenvalue weighted by Crippen LogP contribution is -2.20. The Kier molecular flexibility index (Phi) is 5.06. The van der Waals surface area contributed by atoms with Gasteiger partial charge in [0.1, 0.15) is 17.4 Å². The molecular weight excluding hydrogens is 402 g/mol. The minimum atomic E-state index is -4.49. The number of H-pyrrole nitrogens is 1. The fourth-order valence-corrected chi connectivity index (χ4v) is 3.09. The predicted molar refractivity (Wildman–Crippen MR) is 103 cm³/mol. The van der Waals surface area contributed by atoms with Gasteiger partial charge in [0.25, 0.3) is 0 Å². The van der Waals surface area contributed by atoms with Crippen molar-refractivity contribution >= 4 is 11.5 Å². The van der Waals surface area contributed by atoms with Crippen molar-refractivity contribution in [3.8, 4) is 16.9 Å². The summed E-state index contributed by atoms with van der Waals surface area (Å²) in [7, 11) is 0. The van der Waals surface area contributed by atoms with Crippen LogP contribution in [0, 0.1) is 5.82 Å². The average molecular weight is 419 g/mol. The van der Waals surface area contributed by atoms with Gasteiger partial charge in [-0.1, -0.05) is 0 Å². The summed E-state index contributed by atoms with van der Waals surface area (Å²) in [5.41, 5.74) is 2.57. The van der Waals surface area contributed by atoms with E-state index in [9.17, 15) is 17.6 Å². The molecule has 0 aliphatic heterocycles. The van der Waals surface area contributed by atoms with E-state index < -0.39 is 24.6 Å². The lowest BCUT2D eigenvalue weighted by molar-refractivity contribution is -0.153. The van der Waals surface area contributed by atoms with Gasteiger partial charge in [-0.25, -0.2) is 13.9 Å². The first kappa shape index (κ1) is 19.7. The van der Waals surface area contributed by atoms with Crippen LogP contribution in [0.15, 0.2) is 55.1 Å². The highest BCUT2D eigenvalue weighted by molar-refractivity contribution is 5.77. The van der Waals surface area contributed by atoms with Crippen molar-refractivity contribution in [2.24, 2.45) is 0 Å². The van der Waals surface area contributed by atoms with Crippen LogP contribution in [0.5, 0.6) is 5.75 Å². The molecule has 0 unspecified atom stereocenters. The second-order valence-corrected chi connectivity index (χ2v) is 6.69. The number of hydrogen-bond donors (Lipinski definition) is 2. The summed E-state index contributed by atoms with van der Waals surface area (Å²) in [4.78, 5) is 7.53. The van der Waals surface area contributed by atoms with Gasteiger partial charge >= 0.3 is 6.18 Å². The normalized spacial score (nSPS) is 12.8. The van der Waals surface area contributed by atoms with Crippen molar-refractivity contribution in [3.63, 3.8) is 0 Å². The summed E-state index contributed by atoms with van der Waals surface area (Å²) in [6, 6.07) is 6.38. The summed E-state index contributed by atoms with van der Waals surface area (Å²) >= 11 is 0. The van der Waals surface area contributed by atoms with Crippen LogP contribution >= 0.6 is 0 Å². The molecule has 0 aliphatic carbocycles. The Bertz CT molecular complexity index is 1150. The first-order chi connectivity index (χ1) is 14.3. The molecule has 0 spiro atoms.